The van der Waals surface area contributed by atoms with Gasteiger partial charge in [0.1, 0.15) is 42.3 Å². The SMILES string of the molecule is CC(C)C[C@H](NC(=O)[C@H](Cc1c[nH]c2ccccc12)NC(=O)[C@H](CC(=O)O)NC(=O)[C@H](CCC(N)=O)NC(=O)CN)C(=O)N[C@@H](C)C(=O)NCC(=O)N1CCC[C@H]1C(=O)N[C@@H](CCCCN)C(=O)O. The molecule has 0 radical (unpaired) electrons. The lowest BCUT2D eigenvalue weighted by atomic mass is 10.00. The predicted molar refractivity (Wildman–Crippen MR) is 247 cm³/mol. The second kappa shape index (κ2) is 27.6. The molecule has 0 bridgehead atoms. The van der Waals surface area contributed by atoms with Crippen molar-refractivity contribution in [3.8, 4) is 0 Å². The number of carbonyl (C=O) groups is 11. The third-order valence-corrected chi connectivity index (χ3v) is 11.2. The van der Waals surface area contributed by atoms with Gasteiger partial charge in [-0.3, -0.25) is 47.9 Å². The number of hydrogen-bond donors (Lipinski definition) is 13. The molecule has 9 amide bonds. The molecule has 0 unspecified atom stereocenters. The zero-order valence-corrected chi connectivity index (χ0v) is 39.0. The van der Waals surface area contributed by atoms with E-state index in [1.165, 1.54) is 11.8 Å². The van der Waals surface area contributed by atoms with Crippen LogP contribution in [0.1, 0.15) is 84.1 Å². The molecule has 2 aromatic rings. The monoisotopic (exact) mass is 970 g/mol. The van der Waals surface area contributed by atoms with E-state index in [4.69, 9.17) is 17.2 Å². The van der Waals surface area contributed by atoms with Crippen molar-refractivity contribution in [1.82, 2.24) is 47.1 Å². The van der Waals surface area contributed by atoms with E-state index < -0.39 is 127 Å². The van der Waals surface area contributed by atoms with Crippen molar-refractivity contribution in [1.29, 1.82) is 0 Å². The van der Waals surface area contributed by atoms with Gasteiger partial charge in [0, 0.05) is 36.5 Å². The molecule has 69 heavy (non-hydrogen) atoms. The first-order valence-corrected chi connectivity index (χ1v) is 22.7. The maximum Gasteiger partial charge on any atom is 0.326 e. The van der Waals surface area contributed by atoms with Gasteiger partial charge in [0.05, 0.1) is 19.5 Å². The average Bonchev–Trinajstić information content (AvgIpc) is 3.96. The van der Waals surface area contributed by atoms with Crippen LogP contribution in [0.25, 0.3) is 10.9 Å². The number of H-pyrrole nitrogens is 1. The van der Waals surface area contributed by atoms with E-state index in [0.29, 0.717) is 42.3 Å². The number of carboxylic acid groups (broad SMARTS) is 2. The molecule has 7 atom stereocenters. The van der Waals surface area contributed by atoms with Crippen molar-refractivity contribution in [2.75, 3.05) is 26.2 Å². The largest absolute Gasteiger partial charge is 0.481 e. The van der Waals surface area contributed by atoms with E-state index in [1.54, 1.807) is 44.3 Å². The van der Waals surface area contributed by atoms with Crippen molar-refractivity contribution in [2.45, 2.75) is 127 Å². The number of benzene rings is 1. The molecule has 25 nitrogen and oxygen atoms in total. The number of nitrogens with two attached hydrogens (primary N) is 3. The molecule has 1 fully saturated rings. The number of aromatic nitrogens is 1. The number of para-hydroxylation sites is 1. The minimum atomic E-state index is -1.82. The summed E-state index contributed by atoms with van der Waals surface area (Å²) in [6.45, 7) is 4.33. The number of unbranched alkanes of at least 4 members (excludes halogenated alkanes) is 1. The second-order valence-corrected chi connectivity index (χ2v) is 17.2. The Balaban J connectivity index is 1.78. The fourth-order valence-electron chi connectivity index (χ4n) is 7.59. The van der Waals surface area contributed by atoms with Crippen molar-refractivity contribution in [3.05, 3.63) is 36.0 Å². The summed E-state index contributed by atoms with van der Waals surface area (Å²) in [6.07, 6.45) is 1.70. The number of likely N-dealkylation sites (tertiary alicyclic amines) is 1. The van der Waals surface area contributed by atoms with E-state index in [-0.39, 0.29) is 51.0 Å². The fraction of sp³-hybridized carbons (Fsp3) is 0.568. The van der Waals surface area contributed by atoms with E-state index in [0.717, 1.165) is 0 Å². The molecule has 1 aromatic carbocycles. The van der Waals surface area contributed by atoms with E-state index in [2.05, 4.69) is 42.2 Å². The summed E-state index contributed by atoms with van der Waals surface area (Å²) in [6, 6.07) is -2.44. The molecule has 16 N–H and O–H groups in total. The standard InChI is InChI=1S/C44H66N12O13/c1-23(2)17-30(40(64)50-24(3)38(62)49-22-36(59)56-16-8-12-33(56)43(67)52-29(44(68)69)11-6-7-15-45)53-41(65)31(18-25-21-48-27-10-5-4-9-26(25)27)54-42(66)32(19-37(60)61)55-39(63)28(13-14-34(47)57)51-35(58)20-46/h4-5,9-10,21,23-24,28-33,48H,6-8,11-20,22,45-46H2,1-3H3,(H2,47,57)(H,49,62)(H,50,64)(H,51,58)(H,52,67)(H,53,65)(H,54,66)(H,55,63)(H,60,61)(H,68,69)/t24-,28-,29-,30-,31-,32-,33-/m0/s1. The van der Waals surface area contributed by atoms with Crippen LogP contribution in [0.3, 0.4) is 0 Å². The van der Waals surface area contributed by atoms with E-state index >= 15 is 0 Å². The van der Waals surface area contributed by atoms with Crippen LogP contribution in [0.2, 0.25) is 0 Å². The van der Waals surface area contributed by atoms with Gasteiger partial charge in [0.15, 0.2) is 0 Å². The number of primary amides is 1. The smallest absolute Gasteiger partial charge is 0.326 e. The Morgan fingerprint density at radius 2 is 1.39 bits per heavy atom. The van der Waals surface area contributed by atoms with Gasteiger partial charge in [-0.1, -0.05) is 32.0 Å². The number of aliphatic carboxylic acids is 2. The zero-order valence-electron chi connectivity index (χ0n) is 39.0. The Hall–Kier alpha value is -7.15. The molecule has 3 rings (SSSR count). The van der Waals surface area contributed by atoms with Gasteiger partial charge >= 0.3 is 11.9 Å². The number of nitrogens with one attached hydrogen (secondary N) is 8. The Kier molecular flexibility index (Phi) is 22.5. The van der Waals surface area contributed by atoms with Gasteiger partial charge in [-0.2, -0.15) is 0 Å². The van der Waals surface area contributed by atoms with Gasteiger partial charge in [-0.25, -0.2) is 4.79 Å². The highest BCUT2D eigenvalue weighted by Gasteiger charge is 2.37. The summed E-state index contributed by atoms with van der Waals surface area (Å²) >= 11 is 0. The number of amides is 9. The quantitative estimate of drug-likeness (QED) is 0.0355. The molecule has 0 saturated carbocycles. The minimum Gasteiger partial charge on any atom is -0.481 e. The highest BCUT2D eigenvalue weighted by molar-refractivity contribution is 5.99. The molecule has 1 saturated heterocycles. The number of hydrogen-bond acceptors (Lipinski definition) is 13. The van der Waals surface area contributed by atoms with E-state index in [1.807, 2.05) is 0 Å². The maximum atomic E-state index is 14.3. The number of carboxylic acids is 2. The topological polar surface area (TPSA) is 410 Å². The van der Waals surface area contributed by atoms with Crippen molar-refractivity contribution >= 4 is 76.0 Å². The van der Waals surface area contributed by atoms with Crippen LogP contribution < -0.4 is 54.4 Å². The molecule has 25 heteroatoms. The Morgan fingerprint density at radius 1 is 0.754 bits per heavy atom. The molecule has 380 valence electrons. The van der Waals surface area contributed by atoms with Gasteiger partial charge in [-0.05, 0) is 76.0 Å². The average molecular weight is 971 g/mol. The summed E-state index contributed by atoms with van der Waals surface area (Å²) in [5.74, 6) is -10.5. The summed E-state index contributed by atoms with van der Waals surface area (Å²) in [5, 5.41) is 37.1. The van der Waals surface area contributed by atoms with E-state index in [9.17, 15) is 63.0 Å². The van der Waals surface area contributed by atoms with Crippen LogP contribution in [0.5, 0.6) is 0 Å². The Bertz CT molecular complexity index is 2180. The van der Waals surface area contributed by atoms with Gasteiger partial charge < -0.3 is 74.5 Å². The van der Waals surface area contributed by atoms with Crippen LogP contribution in [0, 0.1) is 5.92 Å². The van der Waals surface area contributed by atoms with Gasteiger partial charge in [0.2, 0.25) is 53.2 Å². The van der Waals surface area contributed by atoms with Crippen LogP contribution >= 0.6 is 0 Å². The molecule has 1 aromatic heterocycles. The number of rotatable bonds is 29. The number of aromatic amines is 1. The molecule has 1 aliphatic heterocycles. The summed E-state index contributed by atoms with van der Waals surface area (Å²) < 4.78 is 0. The Labute approximate surface area is 397 Å². The summed E-state index contributed by atoms with van der Waals surface area (Å²) in [5.41, 5.74) is 17.3. The lowest BCUT2D eigenvalue weighted by Gasteiger charge is -2.27. The van der Waals surface area contributed by atoms with Crippen molar-refractivity contribution < 1.29 is 63.0 Å². The molecular formula is C44H66N12O13. The van der Waals surface area contributed by atoms with Crippen molar-refractivity contribution in [2.24, 2.45) is 23.1 Å². The predicted octanol–water partition coefficient (Wildman–Crippen LogP) is -3.30. The summed E-state index contributed by atoms with van der Waals surface area (Å²) in [7, 11) is 0. The zero-order chi connectivity index (χ0) is 51.4. The van der Waals surface area contributed by atoms with Gasteiger partial charge in [0.25, 0.3) is 0 Å². The number of carbonyl (C=O) groups excluding carboxylic acids is 9. The molecule has 1 aliphatic rings. The minimum absolute atomic E-state index is 0.0330. The third kappa shape index (κ3) is 18.1. The first kappa shape index (κ1) is 56.2. The van der Waals surface area contributed by atoms with Crippen LogP contribution in [0.4, 0.5) is 0 Å². The van der Waals surface area contributed by atoms with Gasteiger partial charge in [-0.15, -0.1) is 0 Å². The highest BCUT2D eigenvalue weighted by Crippen LogP contribution is 2.21. The number of nitrogens with zero attached hydrogens (tertiary/aromatic N) is 1. The normalized spacial score (nSPS) is 15.9. The Morgan fingerprint density at radius 3 is 2.03 bits per heavy atom. The summed E-state index contributed by atoms with van der Waals surface area (Å²) in [4.78, 5) is 146. The fourth-order valence-corrected chi connectivity index (χ4v) is 7.59. The first-order chi connectivity index (χ1) is 32.6. The lowest BCUT2D eigenvalue weighted by Crippen LogP contribution is -2.60. The molecule has 2 heterocycles. The van der Waals surface area contributed by atoms with Crippen LogP contribution in [-0.4, -0.2) is 154 Å². The highest BCUT2D eigenvalue weighted by atomic mass is 16.4. The van der Waals surface area contributed by atoms with Crippen LogP contribution in [-0.2, 0) is 59.2 Å². The maximum absolute atomic E-state index is 14.3. The second-order valence-electron chi connectivity index (χ2n) is 17.2. The van der Waals surface area contributed by atoms with Crippen molar-refractivity contribution in [3.63, 3.8) is 0 Å². The molecule has 0 aliphatic carbocycles. The molecular weight excluding hydrogens is 905 g/mol. The number of fused-ring (bicyclic) bond motifs is 1. The van der Waals surface area contributed by atoms with Crippen LogP contribution in [0.15, 0.2) is 30.5 Å². The molecule has 0 spiro atoms. The first-order valence-electron chi connectivity index (χ1n) is 22.7. The third-order valence-electron chi connectivity index (χ3n) is 11.2. The lowest BCUT2D eigenvalue weighted by molar-refractivity contribution is -0.144.